The first kappa shape index (κ1) is 31.1. The fourth-order valence-electron chi connectivity index (χ4n) is 10.1. The van der Waals surface area contributed by atoms with Gasteiger partial charge in [-0.05, 0) is 78.9 Å². The van der Waals surface area contributed by atoms with Gasteiger partial charge in [0.05, 0.1) is 38.8 Å². The topological polar surface area (TPSA) is 41.1 Å². The summed E-state index contributed by atoms with van der Waals surface area (Å²) in [5.74, 6) is 0. The van der Waals surface area contributed by atoms with Gasteiger partial charge >= 0.3 is 0 Å². The second-order valence-corrected chi connectivity index (χ2v) is 15.7. The molecule has 0 atom stereocenters. The van der Waals surface area contributed by atoms with Crippen LogP contribution in [-0.4, -0.2) is 13.7 Å². The highest BCUT2D eigenvalue weighted by Crippen LogP contribution is 2.45. The summed E-state index contributed by atoms with van der Waals surface area (Å²) in [5, 5.41) is 11.5. The molecule has 5 aromatic heterocycles. The van der Waals surface area contributed by atoms with Crippen LogP contribution in [0.5, 0.6) is 0 Å². The molecule has 0 aliphatic rings. The Kier molecular flexibility index (Phi) is 5.96. The van der Waals surface area contributed by atoms with Crippen molar-refractivity contribution in [3.8, 4) is 17.1 Å². The highest BCUT2D eigenvalue weighted by molar-refractivity contribution is 6.21. The third kappa shape index (κ3) is 4.08. The van der Waals surface area contributed by atoms with Gasteiger partial charge in [0, 0.05) is 65.2 Å². The van der Waals surface area contributed by atoms with Gasteiger partial charge in [-0.15, -0.1) is 0 Å². The minimum atomic E-state index is 0.744. The van der Waals surface area contributed by atoms with Gasteiger partial charge in [0.25, 0.3) is 0 Å². The van der Waals surface area contributed by atoms with E-state index in [4.69, 9.17) is 8.83 Å². The van der Waals surface area contributed by atoms with E-state index in [1.807, 2.05) is 0 Å². The smallest absolute Gasteiger partial charge is 0.178 e. The maximum absolute atomic E-state index is 7.18. The lowest BCUT2D eigenvalue weighted by atomic mass is 10.1. The minimum absolute atomic E-state index is 0.744. The molecule has 0 N–H and O–H groups in total. The molecular formula is C54H31N3O2. The number of furan rings is 2. The van der Waals surface area contributed by atoms with E-state index in [0.717, 1.165) is 83.0 Å². The van der Waals surface area contributed by atoms with E-state index in [1.54, 1.807) is 0 Å². The van der Waals surface area contributed by atoms with Crippen LogP contribution >= 0.6 is 0 Å². The number of hydrogen-bond acceptors (Lipinski definition) is 2. The summed E-state index contributed by atoms with van der Waals surface area (Å²) in [7, 11) is 0. The summed E-state index contributed by atoms with van der Waals surface area (Å²) >= 11 is 0. The fourth-order valence-corrected chi connectivity index (χ4v) is 10.1. The third-order valence-corrected chi connectivity index (χ3v) is 12.6. The van der Waals surface area contributed by atoms with E-state index in [-0.39, 0.29) is 0 Å². The first-order valence-corrected chi connectivity index (χ1v) is 20.1. The molecule has 5 heteroatoms. The van der Waals surface area contributed by atoms with Crippen molar-refractivity contribution in [3.05, 3.63) is 188 Å². The molecule has 0 bridgehead atoms. The second-order valence-electron chi connectivity index (χ2n) is 15.7. The molecule has 59 heavy (non-hydrogen) atoms. The van der Waals surface area contributed by atoms with Crippen LogP contribution in [0.25, 0.3) is 126 Å². The Labute approximate surface area is 335 Å². The molecule has 0 saturated heterocycles. The zero-order valence-electron chi connectivity index (χ0n) is 31.6. The van der Waals surface area contributed by atoms with Gasteiger partial charge in [-0.25, -0.2) is 0 Å². The Hall–Kier alpha value is -8.02. The summed E-state index contributed by atoms with van der Waals surface area (Å²) < 4.78 is 21.1. The van der Waals surface area contributed by atoms with Gasteiger partial charge in [-0.2, -0.15) is 0 Å². The summed E-state index contributed by atoms with van der Waals surface area (Å²) in [6, 6.07) is 67.6. The Morgan fingerprint density at radius 2 is 0.644 bits per heavy atom. The zero-order chi connectivity index (χ0) is 38.3. The molecule has 0 saturated carbocycles. The molecule has 0 spiro atoms. The predicted molar refractivity (Wildman–Crippen MR) is 244 cm³/mol. The zero-order valence-corrected chi connectivity index (χ0v) is 31.6. The number of nitrogens with zero attached hydrogens (tertiary/aromatic N) is 3. The minimum Gasteiger partial charge on any atom is -0.452 e. The van der Waals surface area contributed by atoms with Gasteiger partial charge in [-0.1, -0.05) is 109 Å². The normalized spacial score (nSPS) is 12.4. The SMILES string of the molecule is c1ccc2c(c1)c1ccccc1n2-c1ccc2oc3c(ccc4c5cc(-n6c7ccccc7c7ccccc76)cc(-n6c7ccccc7c7ccccc76)c5oc43)c2c1. The fraction of sp³-hybridized carbons (Fsp3) is 0. The molecule has 0 amide bonds. The summed E-state index contributed by atoms with van der Waals surface area (Å²) in [5.41, 5.74) is 13.2. The highest BCUT2D eigenvalue weighted by atomic mass is 16.4. The third-order valence-electron chi connectivity index (χ3n) is 12.6. The van der Waals surface area contributed by atoms with Gasteiger partial charge in [0.2, 0.25) is 0 Å². The van der Waals surface area contributed by atoms with Crippen molar-refractivity contribution in [3.63, 3.8) is 0 Å². The van der Waals surface area contributed by atoms with Crippen LogP contribution in [0.3, 0.4) is 0 Å². The first-order chi connectivity index (χ1) is 29.3. The Morgan fingerprint density at radius 3 is 1.14 bits per heavy atom. The molecule has 0 unspecified atom stereocenters. The number of fused-ring (bicyclic) bond motifs is 16. The van der Waals surface area contributed by atoms with Gasteiger partial charge < -0.3 is 22.5 Å². The van der Waals surface area contributed by atoms with E-state index in [0.29, 0.717) is 0 Å². The number of aromatic nitrogens is 3. The average molecular weight is 754 g/mol. The van der Waals surface area contributed by atoms with E-state index in [9.17, 15) is 0 Å². The molecule has 9 aromatic carbocycles. The molecule has 274 valence electrons. The Morgan fingerprint density at radius 1 is 0.254 bits per heavy atom. The number of rotatable bonds is 3. The lowest BCUT2D eigenvalue weighted by Gasteiger charge is -2.14. The average Bonchev–Trinajstić information content (AvgIpc) is 4.10. The van der Waals surface area contributed by atoms with Crippen LogP contribution in [0.1, 0.15) is 0 Å². The van der Waals surface area contributed by atoms with E-state index >= 15 is 0 Å². The first-order valence-electron chi connectivity index (χ1n) is 20.1. The van der Waals surface area contributed by atoms with Gasteiger partial charge in [0.1, 0.15) is 5.58 Å². The number of benzene rings is 9. The van der Waals surface area contributed by atoms with E-state index in [1.165, 1.54) is 43.4 Å². The van der Waals surface area contributed by atoms with Crippen molar-refractivity contribution < 1.29 is 8.83 Å². The molecule has 0 radical (unpaired) electrons. The maximum Gasteiger partial charge on any atom is 0.178 e. The summed E-state index contributed by atoms with van der Waals surface area (Å²) in [4.78, 5) is 0. The maximum atomic E-state index is 7.18. The number of para-hydroxylation sites is 6. The second kappa shape index (κ2) is 11.3. The monoisotopic (exact) mass is 753 g/mol. The molecule has 5 nitrogen and oxygen atoms in total. The van der Waals surface area contributed by atoms with Crippen molar-refractivity contribution >= 4 is 109 Å². The van der Waals surface area contributed by atoms with Crippen LogP contribution in [0.2, 0.25) is 0 Å². The standard InChI is InChI=1S/C54H31N3O2/c1-7-19-44-34(13-1)35-14-2-8-20-45(35)55(44)32-25-28-51-42(29-32)40-26-27-41-43-30-33(56-46-21-9-3-15-36(46)37-16-4-10-22-47(37)56)31-50(52(43)59-54(41)53(40)58-51)57-48-23-11-5-17-38(48)39-18-6-12-24-49(39)57/h1-31H. The van der Waals surface area contributed by atoms with Crippen LogP contribution in [0.4, 0.5) is 0 Å². The summed E-state index contributed by atoms with van der Waals surface area (Å²) in [6.07, 6.45) is 0. The van der Waals surface area contributed by atoms with Crippen molar-refractivity contribution in [2.75, 3.05) is 0 Å². The van der Waals surface area contributed by atoms with Crippen molar-refractivity contribution in [1.82, 2.24) is 13.7 Å². The Balaban J connectivity index is 1.08. The van der Waals surface area contributed by atoms with Crippen LogP contribution < -0.4 is 0 Å². The highest BCUT2D eigenvalue weighted by Gasteiger charge is 2.24. The van der Waals surface area contributed by atoms with Crippen molar-refractivity contribution in [2.24, 2.45) is 0 Å². The molecule has 0 fully saturated rings. The van der Waals surface area contributed by atoms with E-state index in [2.05, 4.69) is 202 Å². The largest absolute Gasteiger partial charge is 0.452 e. The quantitative estimate of drug-likeness (QED) is 0.180. The lowest BCUT2D eigenvalue weighted by Crippen LogP contribution is -1.99. The molecular weight excluding hydrogens is 723 g/mol. The summed E-state index contributed by atoms with van der Waals surface area (Å²) in [6.45, 7) is 0. The van der Waals surface area contributed by atoms with Crippen molar-refractivity contribution in [2.45, 2.75) is 0 Å². The Bertz CT molecular complexity index is 3930. The predicted octanol–water partition coefficient (Wildman–Crippen LogP) is 14.8. The van der Waals surface area contributed by atoms with Gasteiger partial charge in [0.15, 0.2) is 16.7 Å². The molecule has 0 aliphatic heterocycles. The molecule has 5 heterocycles. The van der Waals surface area contributed by atoms with Crippen LogP contribution in [0.15, 0.2) is 197 Å². The van der Waals surface area contributed by atoms with Gasteiger partial charge in [-0.3, -0.25) is 0 Å². The van der Waals surface area contributed by atoms with E-state index < -0.39 is 0 Å². The lowest BCUT2D eigenvalue weighted by molar-refractivity contribution is 0.632. The molecule has 14 rings (SSSR count). The van der Waals surface area contributed by atoms with Crippen LogP contribution in [0, 0.1) is 0 Å². The molecule has 14 aromatic rings. The molecule has 0 aliphatic carbocycles. The van der Waals surface area contributed by atoms with Crippen molar-refractivity contribution in [1.29, 1.82) is 0 Å². The number of hydrogen-bond donors (Lipinski definition) is 0. The van der Waals surface area contributed by atoms with Crippen LogP contribution in [-0.2, 0) is 0 Å².